The van der Waals surface area contributed by atoms with Gasteiger partial charge in [0.1, 0.15) is 23.4 Å². The topological polar surface area (TPSA) is 143 Å². The molecule has 12 rings (SSSR count). The number of rotatable bonds is 12. The summed E-state index contributed by atoms with van der Waals surface area (Å²) in [5.74, 6) is 1.75. The van der Waals surface area contributed by atoms with Gasteiger partial charge in [-0.15, -0.1) is 0 Å². The molecular formula is C61H73F2N9O4. The van der Waals surface area contributed by atoms with Crippen molar-refractivity contribution in [1.82, 2.24) is 35.1 Å². The molecule has 4 saturated heterocycles. The normalized spacial score (nSPS) is 26.1. The van der Waals surface area contributed by atoms with Crippen molar-refractivity contribution in [1.29, 1.82) is 0 Å². The summed E-state index contributed by atoms with van der Waals surface area (Å²) in [4.78, 5) is 66.7. The molecule has 0 bridgehead atoms. The van der Waals surface area contributed by atoms with Crippen LogP contribution in [-0.4, -0.2) is 86.0 Å². The average molecular weight is 1030 g/mol. The number of fused-ring (bicyclic) bond motifs is 4. The highest BCUT2D eigenvalue weighted by atomic mass is 19.1. The summed E-state index contributed by atoms with van der Waals surface area (Å²) >= 11 is 0. The molecule has 76 heavy (non-hydrogen) atoms. The molecule has 3 amide bonds. The van der Waals surface area contributed by atoms with E-state index in [1.165, 1.54) is 24.8 Å². The minimum atomic E-state index is -0.749. The van der Waals surface area contributed by atoms with E-state index in [4.69, 9.17) is 14.7 Å². The lowest BCUT2D eigenvalue weighted by molar-refractivity contribution is -0.138. The lowest BCUT2D eigenvalue weighted by Crippen LogP contribution is -2.53. The molecule has 4 aromatic carbocycles. The number of benzene rings is 4. The molecule has 15 heteroatoms. The lowest BCUT2D eigenvalue weighted by atomic mass is 9.89. The standard InChI is InChI=1S/C61H73F2N9O4/c1-34(2)27-55(73)71-49-15-9-13-38(49)30-53(71)58-64-45-19-17-40(28-47(45)66-58)51-21-22-52(70(51)42-32-43(62)57(44(63)33-42)69-25-23-37(24-26-69)36-11-7-6-8-12-36)41-18-20-46-48(29-41)67-59(65-46)54-31-39-14-10-16-50(39)72(54)60(74)56(35(3)4)68-61(75)76-5/h6-8,11-12,17-20,28-29,32-35,37-39,49-54,56H,9-10,13-16,21-27,30-31H2,1-5H3,(H,64,66)(H,65,67)(H,68,75)/t38-,39-,49-,50-,51+,52+,53-,54-,56-/m0/s1. The highest BCUT2D eigenvalue weighted by molar-refractivity contribution is 5.87. The van der Waals surface area contributed by atoms with Crippen molar-refractivity contribution in [2.24, 2.45) is 23.7 Å². The number of carbonyl (C=O) groups excluding carboxylic acids is 3. The van der Waals surface area contributed by atoms with Crippen LogP contribution in [0, 0.1) is 35.3 Å². The van der Waals surface area contributed by atoms with Gasteiger partial charge in [-0.3, -0.25) is 9.59 Å². The van der Waals surface area contributed by atoms with Crippen LogP contribution in [0.25, 0.3) is 22.1 Å². The summed E-state index contributed by atoms with van der Waals surface area (Å²) in [5.41, 5.74) is 7.07. The second kappa shape index (κ2) is 20.5. The Kier molecular flexibility index (Phi) is 13.5. The maximum Gasteiger partial charge on any atom is 0.407 e. The van der Waals surface area contributed by atoms with Crippen molar-refractivity contribution in [2.45, 2.75) is 159 Å². The SMILES string of the molecule is COC(=O)N[C@H](C(=O)N1[C@H](c2nc3ccc([C@H]4CC[C@H](c5ccc6nc([C@@H]7C[C@@H]8CCC[C@@H]8N7C(=O)CC(C)C)[nH]c6c5)N4c4cc(F)c(N5CCC(c6ccccc6)CC5)c(F)c4)cc3[nH]2)C[C@@H]2CCC[C@@H]21)C(C)C. The molecule has 0 spiro atoms. The summed E-state index contributed by atoms with van der Waals surface area (Å²) in [6.07, 6.45) is 10.9. The third-order valence-corrected chi connectivity index (χ3v) is 18.4. The fourth-order valence-corrected chi connectivity index (χ4v) is 14.9. The largest absolute Gasteiger partial charge is 0.453 e. The fraction of sp³-hybridized carbons (Fsp3) is 0.525. The second-order valence-electron chi connectivity index (χ2n) is 23.8. The molecule has 400 valence electrons. The minimum Gasteiger partial charge on any atom is -0.453 e. The highest BCUT2D eigenvalue weighted by Crippen LogP contribution is 2.52. The Bertz CT molecular complexity index is 3110. The van der Waals surface area contributed by atoms with Crippen LogP contribution in [-0.2, 0) is 14.3 Å². The molecule has 2 aliphatic carbocycles. The molecule has 9 atom stereocenters. The number of hydrogen-bond donors (Lipinski definition) is 3. The summed E-state index contributed by atoms with van der Waals surface area (Å²) < 4.78 is 38.8. The number of piperidine rings is 1. The monoisotopic (exact) mass is 1030 g/mol. The number of hydrogen-bond acceptors (Lipinski definition) is 8. The van der Waals surface area contributed by atoms with Crippen molar-refractivity contribution in [3.05, 3.63) is 119 Å². The van der Waals surface area contributed by atoms with E-state index >= 15 is 8.78 Å². The van der Waals surface area contributed by atoms with E-state index in [1.54, 1.807) is 0 Å². The molecule has 6 heterocycles. The fourth-order valence-electron chi connectivity index (χ4n) is 14.9. The number of nitrogens with zero attached hydrogens (tertiary/aromatic N) is 6. The zero-order valence-corrected chi connectivity index (χ0v) is 44.6. The van der Waals surface area contributed by atoms with E-state index < -0.39 is 23.8 Å². The van der Waals surface area contributed by atoms with E-state index in [-0.39, 0.29) is 65.6 Å². The Labute approximate surface area is 444 Å². The van der Waals surface area contributed by atoms with E-state index in [2.05, 4.69) is 75.3 Å². The van der Waals surface area contributed by atoms with Gasteiger partial charge in [-0.05, 0) is 147 Å². The van der Waals surface area contributed by atoms with Gasteiger partial charge >= 0.3 is 6.09 Å². The molecule has 13 nitrogen and oxygen atoms in total. The number of amides is 3. The molecule has 0 radical (unpaired) electrons. The smallest absolute Gasteiger partial charge is 0.407 e. The predicted molar refractivity (Wildman–Crippen MR) is 291 cm³/mol. The third kappa shape index (κ3) is 9.16. The van der Waals surface area contributed by atoms with Crippen LogP contribution in [0.3, 0.4) is 0 Å². The van der Waals surface area contributed by atoms with Gasteiger partial charge in [0.2, 0.25) is 11.8 Å². The first-order chi connectivity index (χ1) is 36.8. The maximum absolute atomic E-state index is 16.9. The Morgan fingerprint density at radius 2 is 1.22 bits per heavy atom. The van der Waals surface area contributed by atoms with Gasteiger partial charge < -0.3 is 39.6 Å². The number of ether oxygens (including phenoxy) is 1. The van der Waals surface area contributed by atoms with Gasteiger partial charge in [0.25, 0.3) is 0 Å². The Morgan fingerprint density at radius 1 is 0.671 bits per heavy atom. The van der Waals surface area contributed by atoms with Crippen molar-refractivity contribution < 1.29 is 27.9 Å². The molecule has 2 aromatic heterocycles. The first-order valence-corrected chi connectivity index (χ1v) is 28.4. The lowest BCUT2D eigenvalue weighted by Gasteiger charge is -2.36. The number of methoxy groups -OCH3 is 1. The number of alkyl carbamates (subject to hydrolysis) is 1. The summed E-state index contributed by atoms with van der Waals surface area (Å²) in [7, 11) is 1.31. The van der Waals surface area contributed by atoms with Gasteiger partial charge in [0.15, 0.2) is 11.6 Å². The molecular weight excluding hydrogens is 961 g/mol. The number of carbonyl (C=O) groups is 3. The minimum absolute atomic E-state index is 0.0294. The van der Waals surface area contributed by atoms with Crippen LogP contribution in [0.4, 0.5) is 25.0 Å². The van der Waals surface area contributed by atoms with Gasteiger partial charge in [-0.2, -0.15) is 0 Å². The maximum atomic E-state index is 16.9. The third-order valence-electron chi connectivity index (χ3n) is 18.4. The van der Waals surface area contributed by atoms with Crippen LogP contribution in [0.2, 0.25) is 0 Å². The van der Waals surface area contributed by atoms with E-state index in [1.807, 2.05) is 54.0 Å². The first-order valence-electron chi connectivity index (χ1n) is 28.4. The van der Waals surface area contributed by atoms with Crippen molar-refractivity contribution in [3.63, 3.8) is 0 Å². The Balaban J connectivity index is 0.876. The van der Waals surface area contributed by atoms with Crippen molar-refractivity contribution in [3.8, 4) is 0 Å². The van der Waals surface area contributed by atoms with Crippen LogP contribution in [0.5, 0.6) is 0 Å². The molecule has 0 unspecified atom stereocenters. The summed E-state index contributed by atoms with van der Waals surface area (Å²) in [5, 5.41) is 2.81. The van der Waals surface area contributed by atoms with Gasteiger partial charge in [0.05, 0.1) is 53.3 Å². The van der Waals surface area contributed by atoms with Crippen LogP contribution < -0.4 is 15.1 Å². The molecule has 2 saturated carbocycles. The van der Waals surface area contributed by atoms with Crippen LogP contribution >= 0.6 is 0 Å². The number of aromatic nitrogens is 4. The van der Waals surface area contributed by atoms with Crippen molar-refractivity contribution >= 4 is 51.3 Å². The molecule has 3 N–H and O–H groups in total. The number of nitrogens with one attached hydrogen (secondary N) is 3. The average Bonchev–Trinajstić information content (AvgIpc) is 4.29. The first kappa shape index (κ1) is 50.3. The number of H-pyrrole nitrogens is 2. The number of halogens is 2. The molecule has 6 fully saturated rings. The molecule has 6 aliphatic rings. The van der Waals surface area contributed by atoms with Gasteiger partial charge in [0, 0.05) is 37.3 Å². The Hall–Kier alpha value is -6.51. The highest BCUT2D eigenvalue weighted by Gasteiger charge is 2.50. The summed E-state index contributed by atoms with van der Waals surface area (Å²) in [6, 6.07) is 24.7. The van der Waals surface area contributed by atoms with Crippen LogP contribution in [0.1, 0.15) is 170 Å². The van der Waals surface area contributed by atoms with Crippen LogP contribution in [0.15, 0.2) is 78.9 Å². The number of imidazole rings is 2. The van der Waals surface area contributed by atoms with E-state index in [0.717, 1.165) is 116 Å². The Morgan fingerprint density at radius 3 is 1.76 bits per heavy atom. The molecule has 4 aliphatic heterocycles. The second-order valence-corrected chi connectivity index (χ2v) is 23.8. The quantitative estimate of drug-likeness (QED) is 0.110. The zero-order chi connectivity index (χ0) is 52.5. The van der Waals surface area contributed by atoms with E-state index in [9.17, 15) is 14.4 Å². The summed E-state index contributed by atoms with van der Waals surface area (Å²) in [6.45, 7) is 9.18. The molecule has 6 aromatic rings. The van der Waals surface area contributed by atoms with Gasteiger partial charge in [-0.25, -0.2) is 23.5 Å². The zero-order valence-electron chi connectivity index (χ0n) is 44.6. The van der Waals surface area contributed by atoms with E-state index in [0.29, 0.717) is 48.8 Å². The number of likely N-dealkylation sites (tertiary alicyclic amines) is 2. The number of anilines is 2. The van der Waals surface area contributed by atoms with Gasteiger partial charge in [-0.1, -0.05) is 83.0 Å². The predicted octanol–water partition coefficient (Wildman–Crippen LogP) is 12.5. The van der Waals surface area contributed by atoms with Crippen molar-refractivity contribution in [2.75, 3.05) is 30.0 Å². The number of aromatic amines is 2.